The van der Waals surface area contributed by atoms with Gasteiger partial charge < -0.3 is 13.9 Å². The zero-order valence-corrected chi connectivity index (χ0v) is 34.2. The average Bonchev–Trinajstić information content (AvgIpc) is 3.84. The van der Waals surface area contributed by atoms with E-state index in [0.717, 1.165) is 63.3 Å². The molecular formula is C57H43N3O. The molecule has 61 heavy (non-hydrogen) atoms. The number of rotatable bonds is 6. The fourth-order valence-electron chi connectivity index (χ4n) is 9.99. The van der Waals surface area contributed by atoms with Crippen LogP contribution in [-0.4, -0.2) is 9.55 Å². The number of anilines is 3. The van der Waals surface area contributed by atoms with Gasteiger partial charge in [-0.05, 0) is 120 Å². The topological polar surface area (TPSA) is 34.2 Å². The molecule has 0 saturated carbocycles. The number of benzene rings is 7. The van der Waals surface area contributed by atoms with Crippen molar-refractivity contribution in [1.82, 2.24) is 9.55 Å². The van der Waals surface area contributed by atoms with Gasteiger partial charge >= 0.3 is 0 Å². The van der Waals surface area contributed by atoms with Crippen molar-refractivity contribution in [2.45, 2.75) is 32.2 Å². The Morgan fingerprint density at radius 2 is 1.38 bits per heavy atom. The molecule has 7 aromatic carbocycles. The highest BCUT2D eigenvalue weighted by atomic mass is 16.3. The van der Waals surface area contributed by atoms with Gasteiger partial charge in [0.05, 0.1) is 11.1 Å². The SMILES string of the molecule is CC1C=C(c2cnc3cc(N(c4cccc(-c5ccc6c(c5)c5ccccc5n6C5(C)C=Cc6oc7ccccc7c6C5)c4)c4ccc5ccccc5c4)ccc3c2)C=CC1. The van der Waals surface area contributed by atoms with Gasteiger partial charge in [-0.1, -0.05) is 122 Å². The maximum atomic E-state index is 6.28. The van der Waals surface area contributed by atoms with Crippen LogP contribution in [0.2, 0.25) is 0 Å². The number of pyridine rings is 1. The highest BCUT2D eigenvalue weighted by Gasteiger charge is 2.33. The number of allylic oxidation sites excluding steroid dienone is 5. The second kappa shape index (κ2) is 13.8. The minimum absolute atomic E-state index is 0.290. The molecule has 0 amide bonds. The molecule has 0 spiro atoms. The van der Waals surface area contributed by atoms with E-state index in [1.807, 2.05) is 12.3 Å². The summed E-state index contributed by atoms with van der Waals surface area (Å²) in [4.78, 5) is 7.40. The summed E-state index contributed by atoms with van der Waals surface area (Å²) in [6.45, 7) is 4.62. The molecule has 2 atom stereocenters. The molecule has 3 heterocycles. The van der Waals surface area contributed by atoms with Gasteiger partial charge in [-0.2, -0.15) is 0 Å². The predicted molar refractivity (Wildman–Crippen MR) is 256 cm³/mol. The Morgan fingerprint density at radius 1 is 0.623 bits per heavy atom. The zero-order chi connectivity index (χ0) is 40.7. The van der Waals surface area contributed by atoms with Gasteiger partial charge in [-0.15, -0.1) is 0 Å². The Labute approximate surface area is 355 Å². The number of furan rings is 1. The van der Waals surface area contributed by atoms with Crippen molar-refractivity contribution in [2.24, 2.45) is 5.92 Å². The number of para-hydroxylation sites is 2. The third-order valence-corrected chi connectivity index (χ3v) is 13.0. The molecule has 2 aliphatic carbocycles. The maximum Gasteiger partial charge on any atom is 0.135 e. The van der Waals surface area contributed by atoms with Crippen LogP contribution in [-0.2, 0) is 12.0 Å². The van der Waals surface area contributed by atoms with Crippen LogP contribution in [0.15, 0.2) is 193 Å². The summed E-state index contributed by atoms with van der Waals surface area (Å²) in [7, 11) is 0. The predicted octanol–water partition coefficient (Wildman–Crippen LogP) is 15.3. The summed E-state index contributed by atoms with van der Waals surface area (Å²) < 4.78 is 8.83. The van der Waals surface area contributed by atoms with Crippen molar-refractivity contribution in [3.63, 3.8) is 0 Å². The lowest BCUT2D eigenvalue weighted by molar-refractivity contribution is 0.425. The second-order valence-corrected chi connectivity index (χ2v) is 17.1. The monoisotopic (exact) mass is 785 g/mol. The molecule has 2 unspecified atom stereocenters. The van der Waals surface area contributed by atoms with Crippen LogP contribution in [0, 0.1) is 5.92 Å². The second-order valence-electron chi connectivity index (χ2n) is 17.1. The van der Waals surface area contributed by atoms with Gasteiger partial charge in [0.2, 0.25) is 0 Å². The molecule has 0 radical (unpaired) electrons. The molecule has 0 N–H and O–H groups in total. The van der Waals surface area contributed by atoms with Crippen LogP contribution in [0.5, 0.6) is 0 Å². The number of hydrogen-bond acceptors (Lipinski definition) is 3. The number of hydrogen-bond donors (Lipinski definition) is 0. The van der Waals surface area contributed by atoms with Crippen LogP contribution in [0.3, 0.4) is 0 Å². The zero-order valence-electron chi connectivity index (χ0n) is 34.2. The van der Waals surface area contributed by atoms with Gasteiger partial charge in [0.25, 0.3) is 0 Å². The largest absolute Gasteiger partial charge is 0.456 e. The summed E-state index contributed by atoms with van der Waals surface area (Å²) in [5.74, 6) is 1.50. The van der Waals surface area contributed by atoms with Crippen LogP contribution in [0.25, 0.3) is 77.2 Å². The molecule has 2 aliphatic rings. The molecule has 0 aliphatic heterocycles. The quantitative estimate of drug-likeness (QED) is 0.168. The lowest BCUT2D eigenvalue weighted by Crippen LogP contribution is -2.32. The van der Waals surface area contributed by atoms with E-state index in [9.17, 15) is 0 Å². The molecule has 0 fully saturated rings. The first kappa shape index (κ1) is 35.5. The molecular weight excluding hydrogens is 743 g/mol. The van der Waals surface area contributed by atoms with Gasteiger partial charge in [-0.25, -0.2) is 0 Å². The van der Waals surface area contributed by atoms with Crippen LogP contribution in [0.1, 0.15) is 37.2 Å². The fourth-order valence-corrected chi connectivity index (χ4v) is 9.99. The summed E-state index contributed by atoms with van der Waals surface area (Å²) >= 11 is 0. The molecule has 0 bridgehead atoms. The van der Waals surface area contributed by atoms with E-state index in [-0.39, 0.29) is 5.54 Å². The van der Waals surface area contributed by atoms with Crippen molar-refractivity contribution in [2.75, 3.05) is 4.90 Å². The summed E-state index contributed by atoms with van der Waals surface area (Å²) in [5.41, 5.74) is 13.3. The van der Waals surface area contributed by atoms with Gasteiger partial charge in [0, 0.05) is 73.4 Å². The average molecular weight is 786 g/mol. The summed E-state index contributed by atoms with van der Waals surface area (Å²) in [5, 5.41) is 7.25. The maximum absolute atomic E-state index is 6.28. The van der Waals surface area contributed by atoms with Crippen LogP contribution >= 0.6 is 0 Å². The van der Waals surface area contributed by atoms with E-state index in [4.69, 9.17) is 9.40 Å². The van der Waals surface area contributed by atoms with E-state index in [2.05, 4.69) is 205 Å². The molecule has 4 nitrogen and oxygen atoms in total. The fraction of sp³-hybridized carbons (Fsp3) is 0.105. The van der Waals surface area contributed by atoms with E-state index in [1.165, 1.54) is 54.7 Å². The number of fused-ring (bicyclic) bond motifs is 8. The lowest BCUT2D eigenvalue weighted by atomic mass is 9.86. The third kappa shape index (κ3) is 5.93. The van der Waals surface area contributed by atoms with Gasteiger partial charge in [0.15, 0.2) is 0 Å². The Morgan fingerprint density at radius 3 is 2.28 bits per heavy atom. The van der Waals surface area contributed by atoms with E-state index < -0.39 is 0 Å². The normalized spacial score (nSPS) is 17.4. The Balaban J connectivity index is 0.964. The number of nitrogens with zero attached hydrogens (tertiary/aromatic N) is 3. The smallest absolute Gasteiger partial charge is 0.135 e. The highest BCUT2D eigenvalue weighted by molar-refractivity contribution is 6.10. The van der Waals surface area contributed by atoms with E-state index in [0.29, 0.717) is 5.92 Å². The van der Waals surface area contributed by atoms with E-state index in [1.54, 1.807) is 0 Å². The molecule has 292 valence electrons. The minimum Gasteiger partial charge on any atom is -0.456 e. The Bertz CT molecular complexity index is 3490. The van der Waals surface area contributed by atoms with Crippen molar-refractivity contribution < 1.29 is 4.42 Å². The lowest BCUT2D eigenvalue weighted by Gasteiger charge is -2.32. The molecule has 12 rings (SSSR count). The highest BCUT2D eigenvalue weighted by Crippen LogP contribution is 2.44. The van der Waals surface area contributed by atoms with Crippen LogP contribution < -0.4 is 4.90 Å². The van der Waals surface area contributed by atoms with Gasteiger partial charge in [-0.3, -0.25) is 4.98 Å². The van der Waals surface area contributed by atoms with Crippen molar-refractivity contribution >= 4 is 83.2 Å². The molecule has 4 heteroatoms. The number of aromatic nitrogens is 2. The Hall–Kier alpha value is -7.43. The van der Waals surface area contributed by atoms with Crippen molar-refractivity contribution in [3.05, 3.63) is 205 Å². The van der Waals surface area contributed by atoms with Crippen molar-refractivity contribution in [1.29, 1.82) is 0 Å². The molecule has 10 aromatic rings. The first-order chi connectivity index (χ1) is 30.0. The third-order valence-electron chi connectivity index (χ3n) is 13.0. The van der Waals surface area contributed by atoms with Crippen LogP contribution in [0.4, 0.5) is 17.1 Å². The summed E-state index contributed by atoms with van der Waals surface area (Å²) in [6.07, 6.45) is 15.3. The standard InChI is InChI=1S/C57H43N3O/c1-37-11-9-14-39(29-37)44-30-43-22-25-47(34-52(43)58-36-44)59(46-24-21-38-12-3-4-13-40(38)31-46)45-16-10-15-41(32-45)42-23-26-54-50(33-42)48-17-5-7-19-53(48)60(54)57(2)28-27-56-51(35-57)49-18-6-8-20-55(49)61-56/h3-10,12-34,36-37H,11,35H2,1-2H3. The minimum atomic E-state index is -0.290. The van der Waals surface area contributed by atoms with Gasteiger partial charge in [0.1, 0.15) is 11.3 Å². The van der Waals surface area contributed by atoms with Crippen molar-refractivity contribution in [3.8, 4) is 11.1 Å². The summed E-state index contributed by atoms with van der Waals surface area (Å²) in [6, 6.07) is 57.5. The molecule has 0 saturated heterocycles. The first-order valence-corrected chi connectivity index (χ1v) is 21.4. The Kier molecular flexibility index (Phi) is 8.05. The molecule has 3 aromatic heterocycles. The first-order valence-electron chi connectivity index (χ1n) is 21.4. The van der Waals surface area contributed by atoms with E-state index >= 15 is 0 Å².